The second kappa shape index (κ2) is 5.28. The maximum absolute atomic E-state index is 5.70. The van der Waals surface area contributed by atoms with Crippen LogP contribution < -0.4 is 5.73 Å². The molecule has 2 aliphatic rings. The molecule has 2 N–H and O–H groups in total. The summed E-state index contributed by atoms with van der Waals surface area (Å²) in [5.74, 6) is 0. The molecule has 0 atom stereocenters. The van der Waals surface area contributed by atoms with Crippen molar-refractivity contribution >= 4 is 0 Å². The summed E-state index contributed by atoms with van der Waals surface area (Å²) in [4.78, 5) is 2.54. The van der Waals surface area contributed by atoms with E-state index in [9.17, 15) is 0 Å². The Bertz CT molecular complexity index is 186. The van der Waals surface area contributed by atoms with Crippen LogP contribution in [-0.2, 0) is 4.74 Å². The van der Waals surface area contributed by atoms with Gasteiger partial charge in [-0.2, -0.15) is 0 Å². The summed E-state index contributed by atoms with van der Waals surface area (Å²) in [5, 5.41) is 0. The summed E-state index contributed by atoms with van der Waals surface area (Å²) in [6.07, 6.45) is 6.83. The van der Waals surface area contributed by atoms with Gasteiger partial charge in [-0.3, -0.25) is 4.90 Å². The van der Waals surface area contributed by atoms with Crippen molar-refractivity contribution in [3.05, 3.63) is 0 Å². The first kappa shape index (κ1) is 11.4. The molecular formula is C12H24N2O. The van der Waals surface area contributed by atoms with Gasteiger partial charge in [-0.15, -0.1) is 0 Å². The average molecular weight is 212 g/mol. The molecule has 2 rings (SSSR count). The number of morpholine rings is 1. The van der Waals surface area contributed by atoms with Crippen LogP contribution in [0.3, 0.4) is 0 Å². The number of hydrogen-bond acceptors (Lipinski definition) is 3. The fourth-order valence-electron chi connectivity index (χ4n) is 2.83. The molecule has 0 unspecified atom stereocenters. The molecule has 3 nitrogen and oxygen atoms in total. The summed E-state index contributed by atoms with van der Waals surface area (Å²) in [7, 11) is 0. The zero-order valence-corrected chi connectivity index (χ0v) is 9.71. The molecule has 15 heavy (non-hydrogen) atoms. The molecule has 0 aromatic heterocycles. The van der Waals surface area contributed by atoms with Crippen LogP contribution in [0.25, 0.3) is 0 Å². The summed E-state index contributed by atoms with van der Waals surface area (Å²) >= 11 is 0. The zero-order chi connectivity index (χ0) is 10.6. The maximum Gasteiger partial charge on any atom is 0.0594 e. The molecule has 1 saturated carbocycles. The van der Waals surface area contributed by atoms with Gasteiger partial charge in [-0.25, -0.2) is 0 Å². The number of rotatable bonds is 5. The first-order valence-corrected chi connectivity index (χ1v) is 6.35. The smallest absolute Gasteiger partial charge is 0.0594 e. The Morgan fingerprint density at radius 1 is 1.13 bits per heavy atom. The molecule has 2 fully saturated rings. The van der Waals surface area contributed by atoms with E-state index in [-0.39, 0.29) is 0 Å². The Kier molecular flexibility index (Phi) is 4.00. The monoisotopic (exact) mass is 212 g/mol. The molecule has 1 aliphatic carbocycles. The van der Waals surface area contributed by atoms with Gasteiger partial charge in [0.15, 0.2) is 0 Å². The van der Waals surface area contributed by atoms with Crippen molar-refractivity contribution < 1.29 is 4.74 Å². The van der Waals surface area contributed by atoms with Crippen LogP contribution in [0.1, 0.15) is 32.1 Å². The molecule has 0 spiro atoms. The Morgan fingerprint density at radius 3 is 2.40 bits per heavy atom. The molecular weight excluding hydrogens is 188 g/mol. The summed E-state index contributed by atoms with van der Waals surface area (Å²) in [6.45, 7) is 6.21. The maximum atomic E-state index is 5.70. The highest BCUT2D eigenvalue weighted by atomic mass is 16.5. The standard InChI is InChI=1S/C12H24N2O/c13-6-4-12(2-1-3-12)5-7-14-8-10-15-11-9-14/h1-11,13H2. The van der Waals surface area contributed by atoms with Gasteiger partial charge >= 0.3 is 0 Å². The van der Waals surface area contributed by atoms with Gasteiger partial charge in [-0.1, -0.05) is 6.42 Å². The van der Waals surface area contributed by atoms with Crippen molar-refractivity contribution in [3.8, 4) is 0 Å². The van der Waals surface area contributed by atoms with Gasteiger partial charge < -0.3 is 10.5 Å². The molecule has 3 heteroatoms. The molecule has 88 valence electrons. The highest BCUT2D eigenvalue weighted by Gasteiger charge is 2.35. The minimum Gasteiger partial charge on any atom is -0.379 e. The number of hydrogen-bond donors (Lipinski definition) is 1. The molecule has 0 radical (unpaired) electrons. The van der Waals surface area contributed by atoms with Gasteiger partial charge in [0.1, 0.15) is 0 Å². The Balaban J connectivity index is 1.70. The van der Waals surface area contributed by atoms with E-state index in [2.05, 4.69) is 4.90 Å². The van der Waals surface area contributed by atoms with E-state index in [0.29, 0.717) is 5.41 Å². The quantitative estimate of drug-likeness (QED) is 0.745. The van der Waals surface area contributed by atoms with Gasteiger partial charge in [0, 0.05) is 13.1 Å². The van der Waals surface area contributed by atoms with Gasteiger partial charge in [0.25, 0.3) is 0 Å². The Morgan fingerprint density at radius 2 is 1.87 bits per heavy atom. The second-order valence-electron chi connectivity index (χ2n) is 5.10. The van der Waals surface area contributed by atoms with Crippen LogP contribution >= 0.6 is 0 Å². The van der Waals surface area contributed by atoms with E-state index in [0.717, 1.165) is 32.8 Å². The van der Waals surface area contributed by atoms with E-state index in [1.54, 1.807) is 0 Å². The van der Waals surface area contributed by atoms with Gasteiger partial charge in [-0.05, 0) is 44.2 Å². The van der Waals surface area contributed by atoms with Crippen LogP contribution in [0.5, 0.6) is 0 Å². The van der Waals surface area contributed by atoms with Crippen LogP contribution in [0.4, 0.5) is 0 Å². The third-order valence-corrected chi connectivity index (χ3v) is 4.15. The molecule has 0 bridgehead atoms. The topological polar surface area (TPSA) is 38.5 Å². The highest BCUT2D eigenvalue weighted by molar-refractivity contribution is 4.88. The van der Waals surface area contributed by atoms with E-state index >= 15 is 0 Å². The Labute approximate surface area is 93.0 Å². The molecule has 0 aromatic rings. The third kappa shape index (κ3) is 2.92. The average Bonchev–Trinajstić information content (AvgIpc) is 2.23. The number of nitrogens with two attached hydrogens (primary N) is 1. The summed E-state index contributed by atoms with van der Waals surface area (Å²) in [6, 6.07) is 0. The van der Waals surface area contributed by atoms with Crippen molar-refractivity contribution in [2.45, 2.75) is 32.1 Å². The van der Waals surface area contributed by atoms with Crippen LogP contribution in [0.15, 0.2) is 0 Å². The fourth-order valence-corrected chi connectivity index (χ4v) is 2.83. The van der Waals surface area contributed by atoms with Crippen molar-refractivity contribution in [2.24, 2.45) is 11.1 Å². The van der Waals surface area contributed by atoms with E-state index < -0.39 is 0 Å². The van der Waals surface area contributed by atoms with Crippen molar-refractivity contribution in [1.82, 2.24) is 4.90 Å². The van der Waals surface area contributed by atoms with Crippen LogP contribution in [-0.4, -0.2) is 44.3 Å². The first-order chi connectivity index (χ1) is 7.35. The molecule has 0 aromatic carbocycles. The predicted octanol–water partition coefficient (Wildman–Crippen LogP) is 1.23. The van der Waals surface area contributed by atoms with Gasteiger partial charge in [0.2, 0.25) is 0 Å². The van der Waals surface area contributed by atoms with E-state index in [1.807, 2.05) is 0 Å². The Hall–Kier alpha value is -0.120. The summed E-state index contributed by atoms with van der Waals surface area (Å²) in [5.41, 5.74) is 6.32. The first-order valence-electron chi connectivity index (χ1n) is 6.35. The van der Waals surface area contributed by atoms with Crippen molar-refractivity contribution in [1.29, 1.82) is 0 Å². The highest BCUT2D eigenvalue weighted by Crippen LogP contribution is 2.46. The van der Waals surface area contributed by atoms with Crippen LogP contribution in [0, 0.1) is 5.41 Å². The SMILES string of the molecule is NCCC1(CCN2CCOCC2)CCC1. The van der Waals surface area contributed by atoms with E-state index in [1.165, 1.54) is 38.6 Å². The minimum atomic E-state index is 0.618. The molecule has 0 amide bonds. The van der Waals surface area contributed by atoms with Crippen molar-refractivity contribution in [3.63, 3.8) is 0 Å². The number of nitrogens with zero attached hydrogens (tertiary/aromatic N) is 1. The lowest BCUT2D eigenvalue weighted by molar-refractivity contribution is 0.0203. The predicted molar refractivity (Wildman–Crippen MR) is 61.8 cm³/mol. The molecule has 1 saturated heterocycles. The van der Waals surface area contributed by atoms with Crippen LogP contribution in [0.2, 0.25) is 0 Å². The van der Waals surface area contributed by atoms with E-state index in [4.69, 9.17) is 10.5 Å². The largest absolute Gasteiger partial charge is 0.379 e. The zero-order valence-electron chi connectivity index (χ0n) is 9.71. The molecule has 1 aliphatic heterocycles. The fraction of sp³-hybridized carbons (Fsp3) is 1.00. The van der Waals surface area contributed by atoms with Crippen molar-refractivity contribution in [2.75, 3.05) is 39.4 Å². The normalized spacial score (nSPS) is 26.2. The minimum absolute atomic E-state index is 0.618. The molecule has 1 heterocycles. The lowest BCUT2D eigenvalue weighted by Gasteiger charge is -2.43. The third-order valence-electron chi connectivity index (χ3n) is 4.15. The lowest BCUT2D eigenvalue weighted by atomic mass is 9.64. The second-order valence-corrected chi connectivity index (χ2v) is 5.10. The summed E-state index contributed by atoms with van der Waals surface area (Å²) < 4.78 is 5.36. The lowest BCUT2D eigenvalue weighted by Crippen LogP contribution is -2.41. The van der Waals surface area contributed by atoms with Gasteiger partial charge in [0.05, 0.1) is 13.2 Å². The number of ether oxygens (including phenoxy) is 1.